The molecule has 0 saturated heterocycles. The Morgan fingerprint density at radius 1 is 0.821 bits per heavy atom. The van der Waals surface area contributed by atoms with E-state index in [0.717, 1.165) is 23.5 Å². The van der Waals surface area contributed by atoms with E-state index in [2.05, 4.69) is 35.8 Å². The minimum Gasteiger partial charge on any atom is -0.297 e. The van der Waals surface area contributed by atoms with Crippen molar-refractivity contribution in [2.75, 3.05) is 0 Å². The van der Waals surface area contributed by atoms with Gasteiger partial charge in [0.2, 0.25) is 0 Å². The monoisotopic (exact) mass is 470 g/mol. The number of rotatable bonds is 19. The van der Waals surface area contributed by atoms with Gasteiger partial charge in [0.05, 0.1) is 8.66 Å². The molecule has 0 saturated carbocycles. The van der Waals surface area contributed by atoms with Crippen LogP contribution in [0.15, 0.2) is 9.85 Å². The zero-order chi connectivity index (χ0) is 20.5. The van der Waals surface area contributed by atoms with Crippen LogP contribution < -0.4 is 0 Å². The molecule has 1 aromatic heterocycles. The summed E-state index contributed by atoms with van der Waals surface area (Å²) in [6.07, 6.45) is 24.3. The van der Waals surface area contributed by atoms with Gasteiger partial charge in [-0.15, -0.1) is 11.3 Å². The molecule has 0 radical (unpaired) electrons. The second-order valence-electron chi connectivity index (χ2n) is 8.46. The van der Waals surface area contributed by atoms with E-state index in [4.69, 9.17) is 0 Å². The molecule has 1 rings (SSSR count). The third-order valence-corrected chi connectivity index (χ3v) is 7.72. The molecule has 0 spiro atoms. The van der Waals surface area contributed by atoms with E-state index < -0.39 is 0 Å². The van der Waals surface area contributed by atoms with Crippen LogP contribution in [0, 0.1) is 5.92 Å². The molecule has 0 N–H and O–H groups in total. The Morgan fingerprint density at radius 3 is 1.71 bits per heavy atom. The molecule has 0 aliphatic rings. The Bertz CT molecular complexity index is 497. The first-order valence-electron chi connectivity index (χ1n) is 11.9. The minimum atomic E-state index is 0.775. The minimum absolute atomic E-state index is 0.775. The van der Waals surface area contributed by atoms with Crippen molar-refractivity contribution < 1.29 is 4.79 Å². The van der Waals surface area contributed by atoms with Gasteiger partial charge in [-0.3, -0.25) is 4.79 Å². The summed E-state index contributed by atoms with van der Waals surface area (Å²) in [6, 6.07) is 2.10. The number of aldehydes is 1. The Labute approximate surface area is 187 Å². The molecular formula is C25H43BrOS. The summed E-state index contributed by atoms with van der Waals surface area (Å²) in [5.74, 6) is 0.775. The van der Waals surface area contributed by atoms with E-state index in [0.29, 0.717) is 0 Å². The molecule has 0 amide bonds. The fraction of sp³-hybridized carbons (Fsp3) is 0.800. The molecule has 0 bridgehead atoms. The average molecular weight is 472 g/mol. The largest absolute Gasteiger partial charge is 0.297 e. The number of carbonyl (C=O) groups excluding carboxylic acids is 1. The van der Waals surface area contributed by atoms with Crippen molar-refractivity contribution in [2.45, 2.75) is 123 Å². The van der Waals surface area contributed by atoms with Gasteiger partial charge in [-0.1, -0.05) is 117 Å². The summed E-state index contributed by atoms with van der Waals surface area (Å²) >= 11 is 5.26. The van der Waals surface area contributed by atoms with Gasteiger partial charge >= 0.3 is 0 Å². The Balaban J connectivity index is 2.35. The molecule has 28 heavy (non-hydrogen) atoms. The summed E-state index contributed by atoms with van der Waals surface area (Å²) in [4.78, 5) is 11.9. The van der Waals surface area contributed by atoms with Gasteiger partial charge in [0, 0.05) is 0 Å². The lowest BCUT2D eigenvalue weighted by Gasteiger charge is -2.17. The van der Waals surface area contributed by atoms with Gasteiger partial charge in [-0.2, -0.15) is 0 Å². The van der Waals surface area contributed by atoms with E-state index in [1.807, 2.05) is 0 Å². The smallest absolute Gasteiger partial charge is 0.160 e. The normalized spacial score (nSPS) is 12.4. The molecule has 0 aliphatic carbocycles. The Morgan fingerprint density at radius 2 is 1.29 bits per heavy atom. The number of unbranched alkanes of at least 4 members (excludes halogenated alkanes) is 12. The van der Waals surface area contributed by atoms with Gasteiger partial charge in [0.1, 0.15) is 0 Å². The zero-order valence-corrected chi connectivity index (χ0v) is 20.8. The van der Waals surface area contributed by atoms with Gasteiger partial charge < -0.3 is 0 Å². The maximum absolute atomic E-state index is 11.1. The van der Waals surface area contributed by atoms with Crippen LogP contribution in [0.2, 0.25) is 0 Å². The van der Waals surface area contributed by atoms with Gasteiger partial charge in [0.15, 0.2) is 6.29 Å². The topological polar surface area (TPSA) is 17.1 Å². The third kappa shape index (κ3) is 12.4. The summed E-state index contributed by atoms with van der Waals surface area (Å²) in [5.41, 5.74) is 1.35. The van der Waals surface area contributed by atoms with Crippen molar-refractivity contribution in [1.29, 1.82) is 0 Å². The molecule has 162 valence electrons. The molecular weight excluding hydrogens is 428 g/mol. The van der Waals surface area contributed by atoms with Crippen LogP contribution in [0.1, 0.15) is 132 Å². The van der Waals surface area contributed by atoms with Crippen molar-refractivity contribution in [2.24, 2.45) is 5.92 Å². The predicted molar refractivity (Wildman–Crippen MR) is 130 cm³/mol. The van der Waals surface area contributed by atoms with E-state index in [1.165, 1.54) is 112 Å². The standard InChI is InChI=1S/C25H43BrOS/c1-3-5-7-9-11-12-14-16-18-22(17-15-13-10-8-6-4-2)19-23-20-24(21-27)28-25(23)26/h20-22H,3-19H2,1-2H3. The lowest BCUT2D eigenvalue weighted by atomic mass is 9.89. The van der Waals surface area contributed by atoms with Crippen LogP contribution >= 0.6 is 27.3 Å². The fourth-order valence-electron chi connectivity index (χ4n) is 4.06. The summed E-state index contributed by atoms with van der Waals surface area (Å²) in [7, 11) is 0. The number of hydrogen-bond acceptors (Lipinski definition) is 2. The number of thiophene rings is 1. The maximum Gasteiger partial charge on any atom is 0.160 e. The fourth-order valence-corrected chi connectivity index (χ4v) is 5.63. The molecule has 1 heterocycles. The second-order valence-corrected chi connectivity index (χ2v) is 10.9. The summed E-state index contributed by atoms with van der Waals surface area (Å²) < 4.78 is 1.17. The number of halogens is 1. The van der Waals surface area contributed by atoms with Gasteiger partial charge in [0.25, 0.3) is 0 Å². The number of hydrogen-bond donors (Lipinski definition) is 0. The highest BCUT2D eigenvalue weighted by Gasteiger charge is 2.14. The second kappa shape index (κ2) is 17.7. The molecule has 1 nitrogen and oxygen atoms in total. The SMILES string of the molecule is CCCCCCCCCCC(CCCCCCCC)Cc1cc(C=O)sc1Br. The van der Waals surface area contributed by atoms with Crippen LogP contribution in [0.5, 0.6) is 0 Å². The van der Waals surface area contributed by atoms with Crippen LogP contribution in [0.4, 0.5) is 0 Å². The zero-order valence-electron chi connectivity index (χ0n) is 18.4. The highest BCUT2D eigenvalue weighted by molar-refractivity contribution is 9.11. The molecule has 1 unspecified atom stereocenters. The van der Waals surface area contributed by atoms with Crippen LogP contribution in [0.25, 0.3) is 0 Å². The summed E-state index contributed by atoms with van der Waals surface area (Å²) in [5, 5.41) is 0. The lowest BCUT2D eigenvalue weighted by molar-refractivity contribution is 0.112. The van der Waals surface area contributed by atoms with Crippen molar-refractivity contribution in [1.82, 2.24) is 0 Å². The third-order valence-electron chi connectivity index (χ3n) is 5.83. The van der Waals surface area contributed by atoms with Crippen molar-refractivity contribution in [3.8, 4) is 0 Å². The quantitative estimate of drug-likeness (QED) is 0.145. The molecule has 1 aromatic rings. The predicted octanol–water partition coefficient (Wildman–Crippen LogP) is 9.76. The van der Waals surface area contributed by atoms with E-state index >= 15 is 0 Å². The highest BCUT2D eigenvalue weighted by atomic mass is 79.9. The lowest BCUT2D eigenvalue weighted by Crippen LogP contribution is -2.05. The van der Waals surface area contributed by atoms with Gasteiger partial charge in [-0.05, 0) is 39.9 Å². The Hall–Kier alpha value is -0.150. The van der Waals surface area contributed by atoms with Crippen LogP contribution in [0.3, 0.4) is 0 Å². The summed E-state index contributed by atoms with van der Waals surface area (Å²) in [6.45, 7) is 4.57. The molecule has 0 aliphatic heterocycles. The molecule has 1 atom stereocenters. The van der Waals surface area contributed by atoms with Crippen molar-refractivity contribution in [3.05, 3.63) is 20.3 Å². The van der Waals surface area contributed by atoms with E-state index in [-0.39, 0.29) is 0 Å². The maximum atomic E-state index is 11.1. The molecule has 0 fully saturated rings. The van der Waals surface area contributed by atoms with Crippen LogP contribution in [-0.2, 0) is 6.42 Å². The number of carbonyl (C=O) groups is 1. The van der Waals surface area contributed by atoms with E-state index in [1.54, 1.807) is 11.3 Å². The van der Waals surface area contributed by atoms with Crippen LogP contribution in [-0.4, -0.2) is 6.29 Å². The first kappa shape index (κ1) is 25.9. The molecule has 0 aromatic carbocycles. The van der Waals surface area contributed by atoms with E-state index in [9.17, 15) is 4.79 Å². The first-order valence-corrected chi connectivity index (χ1v) is 13.6. The molecule has 3 heteroatoms. The Kier molecular flexibility index (Phi) is 16.4. The van der Waals surface area contributed by atoms with Gasteiger partial charge in [-0.25, -0.2) is 0 Å². The highest BCUT2D eigenvalue weighted by Crippen LogP contribution is 2.32. The first-order chi connectivity index (χ1) is 13.7. The van der Waals surface area contributed by atoms with Crippen molar-refractivity contribution >= 4 is 33.6 Å². The van der Waals surface area contributed by atoms with Crippen molar-refractivity contribution in [3.63, 3.8) is 0 Å². The average Bonchev–Trinajstić information content (AvgIpc) is 3.05.